The first kappa shape index (κ1) is 12.8. The summed E-state index contributed by atoms with van der Waals surface area (Å²) in [5.74, 6) is 0.00704. The first-order valence-electron chi connectivity index (χ1n) is 7.55. The first-order valence-corrected chi connectivity index (χ1v) is 7.55. The zero-order chi connectivity index (χ0) is 14.3. The maximum Gasteiger partial charge on any atom is 0.276 e. The number of carbonyl (C=O) groups excluding carboxylic acids is 1. The van der Waals surface area contributed by atoms with E-state index in [2.05, 4.69) is 15.3 Å². The minimum Gasteiger partial charge on any atom is -0.337 e. The van der Waals surface area contributed by atoms with E-state index < -0.39 is 0 Å². The van der Waals surface area contributed by atoms with Crippen LogP contribution in [0.15, 0.2) is 24.8 Å². The number of fused-ring (bicyclic) bond motifs is 1. The molecule has 4 heterocycles. The third-order valence-corrected chi connectivity index (χ3v) is 4.96. The summed E-state index contributed by atoms with van der Waals surface area (Å²) < 4.78 is 1.84. The third kappa shape index (κ3) is 2.10. The number of imidazole rings is 1. The maximum atomic E-state index is 12.7. The van der Waals surface area contributed by atoms with Gasteiger partial charge in [-0.15, -0.1) is 0 Å². The number of likely N-dealkylation sites (tertiary alicyclic amines) is 1. The van der Waals surface area contributed by atoms with Gasteiger partial charge in [0.2, 0.25) is 0 Å². The Bertz CT molecular complexity index is 664. The molecule has 2 aromatic rings. The van der Waals surface area contributed by atoms with E-state index in [4.69, 9.17) is 0 Å². The van der Waals surface area contributed by atoms with E-state index in [1.807, 2.05) is 21.7 Å². The molecule has 0 saturated carbocycles. The lowest BCUT2D eigenvalue weighted by molar-refractivity contribution is 0.0603. The Labute approximate surface area is 123 Å². The average Bonchev–Trinajstić information content (AvgIpc) is 3.16. The van der Waals surface area contributed by atoms with Crippen molar-refractivity contribution in [3.05, 3.63) is 30.5 Å². The Morgan fingerprint density at radius 3 is 2.62 bits per heavy atom. The predicted molar refractivity (Wildman–Crippen MR) is 78.0 cm³/mol. The van der Waals surface area contributed by atoms with Crippen molar-refractivity contribution < 1.29 is 4.79 Å². The Balaban J connectivity index is 1.54. The van der Waals surface area contributed by atoms with Crippen LogP contribution in [0.2, 0.25) is 0 Å². The summed E-state index contributed by atoms with van der Waals surface area (Å²) in [7, 11) is 0. The van der Waals surface area contributed by atoms with Gasteiger partial charge in [-0.05, 0) is 31.2 Å². The molecule has 6 heteroatoms. The maximum absolute atomic E-state index is 12.7. The SMILES string of the molecule is O=C(c1nccn2ccnc12)N1CCC2(CCNC2)CC1. The third-order valence-electron chi connectivity index (χ3n) is 4.96. The van der Waals surface area contributed by atoms with Crippen LogP contribution >= 0.6 is 0 Å². The summed E-state index contributed by atoms with van der Waals surface area (Å²) >= 11 is 0. The molecule has 21 heavy (non-hydrogen) atoms. The Morgan fingerprint density at radius 2 is 1.90 bits per heavy atom. The van der Waals surface area contributed by atoms with Crippen LogP contribution < -0.4 is 5.32 Å². The van der Waals surface area contributed by atoms with E-state index in [1.54, 1.807) is 12.4 Å². The summed E-state index contributed by atoms with van der Waals surface area (Å²) in [6.07, 6.45) is 10.4. The number of piperidine rings is 1. The summed E-state index contributed by atoms with van der Waals surface area (Å²) in [6, 6.07) is 0. The molecule has 2 aromatic heterocycles. The van der Waals surface area contributed by atoms with Crippen molar-refractivity contribution in [3.63, 3.8) is 0 Å². The van der Waals surface area contributed by atoms with E-state index in [9.17, 15) is 4.79 Å². The standard InChI is InChI=1S/C15H19N5O/c21-14(12-13-18-6-10-19(13)9-5-17-12)20-7-2-15(3-8-20)1-4-16-11-15/h5-6,9-10,16H,1-4,7-8,11H2. The largest absolute Gasteiger partial charge is 0.337 e. The molecule has 2 aliphatic heterocycles. The second kappa shape index (κ2) is 4.80. The molecule has 2 fully saturated rings. The van der Waals surface area contributed by atoms with Gasteiger partial charge in [-0.2, -0.15) is 0 Å². The molecule has 2 saturated heterocycles. The topological polar surface area (TPSA) is 62.5 Å². The van der Waals surface area contributed by atoms with E-state index >= 15 is 0 Å². The van der Waals surface area contributed by atoms with Gasteiger partial charge in [0.1, 0.15) is 0 Å². The van der Waals surface area contributed by atoms with Crippen molar-refractivity contribution in [2.45, 2.75) is 19.3 Å². The van der Waals surface area contributed by atoms with Crippen LogP contribution in [0, 0.1) is 5.41 Å². The zero-order valence-electron chi connectivity index (χ0n) is 12.0. The van der Waals surface area contributed by atoms with Crippen LogP contribution in [-0.4, -0.2) is 51.4 Å². The van der Waals surface area contributed by atoms with Gasteiger partial charge in [-0.3, -0.25) is 4.79 Å². The van der Waals surface area contributed by atoms with E-state index in [-0.39, 0.29) is 5.91 Å². The number of nitrogens with one attached hydrogen (secondary N) is 1. The molecule has 4 rings (SSSR count). The van der Waals surface area contributed by atoms with Crippen LogP contribution in [0.3, 0.4) is 0 Å². The fourth-order valence-electron chi connectivity index (χ4n) is 3.56. The number of aromatic nitrogens is 3. The highest BCUT2D eigenvalue weighted by Gasteiger charge is 2.38. The van der Waals surface area contributed by atoms with E-state index in [1.165, 1.54) is 6.42 Å². The van der Waals surface area contributed by atoms with Gasteiger partial charge in [0.15, 0.2) is 11.3 Å². The quantitative estimate of drug-likeness (QED) is 0.847. The second-order valence-corrected chi connectivity index (χ2v) is 6.15. The van der Waals surface area contributed by atoms with Gasteiger partial charge in [-0.1, -0.05) is 0 Å². The lowest BCUT2D eigenvalue weighted by atomic mass is 9.78. The van der Waals surface area contributed by atoms with Gasteiger partial charge in [0, 0.05) is 44.4 Å². The fourth-order valence-corrected chi connectivity index (χ4v) is 3.56. The van der Waals surface area contributed by atoms with Gasteiger partial charge >= 0.3 is 0 Å². The van der Waals surface area contributed by atoms with Crippen LogP contribution in [0.5, 0.6) is 0 Å². The fraction of sp³-hybridized carbons (Fsp3) is 0.533. The molecule has 1 amide bonds. The normalized spacial score (nSPS) is 21.2. The minimum absolute atomic E-state index is 0.00704. The monoisotopic (exact) mass is 285 g/mol. The van der Waals surface area contributed by atoms with E-state index in [0.717, 1.165) is 39.0 Å². The highest BCUT2D eigenvalue weighted by molar-refractivity contribution is 5.97. The van der Waals surface area contributed by atoms with Crippen LogP contribution in [0.4, 0.5) is 0 Å². The Hall–Kier alpha value is -1.95. The van der Waals surface area contributed by atoms with Gasteiger partial charge < -0.3 is 14.6 Å². The molecule has 2 aliphatic rings. The lowest BCUT2D eigenvalue weighted by Gasteiger charge is -2.38. The molecule has 110 valence electrons. The van der Waals surface area contributed by atoms with Crippen molar-refractivity contribution in [1.82, 2.24) is 24.6 Å². The summed E-state index contributed by atoms with van der Waals surface area (Å²) in [5.41, 5.74) is 1.53. The van der Waals surface area contributed by atoms with Gasteiger partial charge in [0.05, 0.1) is 0 Å². The number of amides is 1. The molecule has 1 spiro atoms. The van der Waals surface area contributed by atoms with Gasteiger partial charge in [-0.25, -0.2) is 9.97 Å². The predicted octanol–water partition coefficient (Wildman–Crippen LogP) is 0.945. The molecule has 0 radical (unpaired) electrons. The van der Waals surface area contributed by atoms with Crippen LogP contribution in [-0.2, 0) is 0 Å². The van der Waals surface area contributed by atoms with Crippen molar-refractivity contribution in [2.75, 3.05) is 26.2 Å². The summed E-state index contributed by atoms with van der Waals surface area (Å²) in [6.45, 7) is 3.86. The van der Waals surface area contributed by atoms with Crippen molar-refractivity contribution in [2.24, 2.45) is 5.41 Å². The molecule has 0 aliphatic carbocycles. The highest BCUT2D eigenvalue weighted by atomic mass is 16.2. The van der Waals surface area contributed by atoms with Gasteiger partial charge in [0.25, 0.3) is 5.91 Å². The molecule has 1 N–H and O–H groups in total. The van der Waals surface area contributed by atoms with Crippen LogP contribution in [0.1, 0.15) is 29.8 Å². The molecule has 6 nitrogen and oxygen atoms in total. The number of nitrogens with zero attached hydrogens (tertiary/aromatic N) is 4. The Kier molecular flexibility index (Phi) is 2.92. The highest BCUT2D eigenvalue weighted by Crippen LogP contribution is 2.37. The van der Waals surface area contributed by atoms with Crippen LogP contribution in [0.25, 0.3) is 5.65 Å². The first-order chi connectivity index (χ1) is 10.3. The number of carbonyl (C=O) groups is 1. The Morgan fingerprint density at radius 1 is 1.14 bits per heavy atom. The number of hydrogen-bond acceptors (Lipinski definition) is 4. The average molecular weight is 285 g/mol. The second-order valence-electron chi connectivity index (χ2n) is 6.15. The molecular weight excluding hydrogens is 266 g/mol. The molecule has 0 bridgehead atoms. The smallest absolute Gasteiger partial charge is 0.276 e. The summed E-state index contributed by atoms with van der Waals surface area (Å²) in [4.78, 5) is 23.1. The van der Waals surface area contributed by atoms with E-state index in [0.29, 0.717) is 16.8 Å². The summed E-state index contributed by atoms with van der Waals surface area (Å²) in [5, 5.41) is 3.45. The lowest BCUT2D eigenvalue weighted by Crippen LogP contribution is -2.44. The molecule has 0 unspecified atom stereocenters. The zero-order valence-corrected chi connectivity index (χ0v) is 12.0. The van der Waals surface area contributed by atoms with Crippen molar-refractivity contribution in [3.8, 4) is 0 Å². The van der Waals surface area contributed by atoms with Crippen molar-refractivity contribution in [1.29, 1.82) is 0 Å². The number of hydrogen-bond donors (Lipinski definition) is 1. The molecule has 0 atom stereocenters. The molecular formula is C15H19N5O. The van der Waals surface area contributed by atoms with Crippen molar-refractivity contribution >= 4 is 11.6 Å². The minimum atomic E-state index is 0.00704. The number of rotatable bonds is 1. The molecule has 0 aromatic carbocycles.